The van der Waals surface area contributed by atoms with Gasteiger partial charge in [0.25, 0.3) is 0 Å². The van der Waals surface area contributed by atoms with Crippen molar-refractivity contribution in [3.05, 3.63) is 26.3 Å². The molecular weight excluding hydrogens is 434 g/mol. The Morgan fingerprint density at radius 1 is 0.500 bits per heavy atom. The van der Waals surface area contributed by atoms with Crippen LogP contribution in [0.2, 0.25) is 0 Å². The molecule has 10 heavy (non-hydrogen) atoms. The second-order valence-corrected chi connectivity index (χ2v) is 0. The topological polar surface area (TPSA) is 95.2 Å². The van der Waals surface area contributed by atoms with E-state index in [0.717, 1.165) is 0 Å². The third-order valence-corrected chi connectivity index (χ3v) is 0. The Labute approximate surface area is 135 Å². The van der Waals surface area contributed by atoms with E-state index in [9.17, 15) is 0 Å². The zero-order valence-corrected chi connectivity index (χ0v) is 13.5. The van der Waals surface area contributed by atoms with E-state index >= 15 is 0 Å². The van der Waals surface area contributed by atoms with Crippen molar-refractivity contribution >= 4 is 0 Å². The van der Waals surface area contributed by atoms with Crippen LogP contribution in [0, 0.1) is 47.3 Å². The van der Waals surface area contributed by atoms with Gasteiger partial charge in [-0.25, -0.2) is 0 Å². The average molecular weight is 434 g/mol. The van der Waals surface area contributed by atoms with Gasteiger partial charge in [0.15, 0.2) is 0 Å². The molecule has 0 aliphatic heterocycles. The number of hydrogen-bond donors (Lipinski definition) is 0. The Bertz CT molecular complexity index is 60.2. The summed E-state index contributed by atoms with van der Waals surface area (Å²) in [5.74, 6) is 0. The third-order valence-electron chi connectivity index (χ3n) is 0. The molecule has 0 rings (SSSR count). The molecule has 0 aromatic carbocycles. The molecule has 0 aliphatic rings. The molecule has 0 aromatic rings. The monoisotopic (exact) mass is 434 g/mol. The van der Waals surface area contributed by atoms with Crippen molar-refractivity contribution in [2.45, 2.75) is 0 Å². The molecule has 0 atom stereocenters. The fraction of sp³-hybridized carbons (Fsp3) is 0. The summed E-state index contributed by atoms with van der Waals surface area (Å²) in [4.78, 5) is 0. The van der Waals surface area contributed by atoms with Gasteiger partial charge in [-0.15, -0.1) is 0 Å². The molecule has 0 unspecified atom stereocenters. The summed E-state index contributed by atoms with van der Waals surface area (Å²) in [6.45, 7) is 19.0. The van der Waals surface area contributed by atoms with Gasteiger partial charge in [-0.05, 0) is 0 Å². The molecule has 48 valence electrons. The van der Waals surface area contributed by atoms with Crippen molar-refractivity contribution < 1.29 is 91.3 Å². The van der Waals surface area contributed by atoms with Crippen LogP contribution in [0.5, 0.6) is 0 Å². The SMILES string of the molecule is [Au+3].[C-]#N.[C-]#N.[C-]#N.[C-]#N.[Cs+]. The van der Waals surface area contributed by atoms with Gasteiger partial charge in [-0.3, -0.25) is 0 Å². The van der Waals surface area contributed by atoms with Crippen LogP contribution < -0.4 is 68.9 Å². The van der Waals surface area contributed by atoms with Crippen LogP contribution in [0.4, 0.5) is 0 Å². The van der Waals surface area contributed by atoms with E-state index < -0.39 is 0 Å². The van der Waals surface area contributed by atoms with Crippen molar-refractivity contribution in [2.24, 2.45) is 0 Å². The predicted molar refractivity (Wildman–Crippen MR) is 19.9 cm³/mol. The third kappa shape index (κ3) is 930. The Morgan fingerprint density at radius 3 is 0.500 bits per heavy atom. The summed E-state index contributed by atoms with van der Waals surface area (Å²) in [6, 6.07) is 0. The largest absolute Gasteiger partial charge is 3.00 e. The van der Waals surface area contributed by atoms with E-state index in [-0.39, 0.29) is 91.3 Å². The standard InChI is InChI=1S/4CN.Au.Cs/c4*1-2;;/q4*-1;+3;+1. The van der Waals surface area contributed by atoms with Crippen LogP contribution in [-0.2, 0) is 22.4 Å². The van der Waals surface area contributed by atoms with E-state index in [4.69, 9.17) is 47.3 Å². The molecular formula is C4AuCsN4. The van der Waals surface area contributed by atoms with Crippen molar-refractivity contribution in [1.29, 1.82) is 21.0 Å². The number of hydrogen-bond acceptors (Lipinski definition) is 4. The molecule has 0 aliphatic carbocycles. The van der Waals surface area contributed by atoms with E-state index in [1.54, 1.807) is 0 Å². The van der Waals surface area contributed by atoms with Crippen LogP contribution in [0.1, 0.15) is 0 Å². The molecule has 0 saturated heterocycles. The maximum Gasteiger partial charge on any atom is 3.00 e. The summed E-state index contributed by atoms with van der Waals surface area (Å²) >= 11 is 0. The minimum absolute atomic E-state index is 0. The van der Waals surface area contributed by atoms with Crippen LogP contribution in [0.15, 0.2) is 0 Å². The van der Waals surface area contributed by atoms with Crippen molar-refractivity contribution in [1.82, 2.24) is 0 Å². The second-order valence-electron chi connectivity index (χ2n) is 0. The molecule has 4 nitrogen and oxygen atoms in total. The molecule has 0 spiro atoms. The molecule has 0 bridgehead atoms. The minimum Gasteiger partial charge on any atom is -0.512 e. The normalized spacial score (nSPS) is 0.800. The van der Waals surface area contributed by atoms with Crippen LogP contribution in [-0.4, -0.2) is 0 Å². The molecule has 0 N–H and O–H groups in total. The van der Waals surface area contributed by atoms with Gasteiger partial charge in [-0.2, -0.15) is 0 Å². The van der Waals surface area contributed by atoms with Crippen LogP contribution in [0.3, 0.4) is 0 Å². The molecule has 0 fully saturated rings. The van der Waals surface area contributed by atoms with Gasteiger partial charge in [0.1, 0.15) is 0 Å². The predicted octanol–water partition coefficient (Wildman–Crippen LogP) is -2.61. The van der Waals surface area contributed by atoms with Gasteiger partial charge < -0.3 is 47.3 Å². The molecule has 0 aromatic heterocycles. The van der Waals surface area contributed by atoms with E-state index in [0.29, 0.717) is 0 Å². The molecule has 0 heterocycles. The molecule has 0 radical (unpaired) electrons. The number of rotatable bonds is 0. The summed E-state index contributed by atoms with van der Waals surface area (Å²) in [7, 11) is 0. The van der Waals surface area contributed by atoms with E-state index in [1.165, 1.54) is 0 Å². The Kier molecular flexibility index (Phi) is 5980. The van der Waals surface area contributed by atoms with Crippen molar-refractivity contribution in [2.75, 3.05) is 0 Å². The second kappa shape index (κ2) is 1320. The Morgan fingerprint density at radius 2 is 0.500 bits per heavy atom. The van der Waals surface area contributed by atoms with Gasteiger partial charge in [0.2, 0.25) is 0 Å². The maximum atomic E-state index is 6.25. The maximum absolute atomic E-state index is 6.25. The van der Waals surface area contributed by atoms with E-state index in [2.05, 4.69) is 0 Å². The van der Waals surface area contributed by atoms with Crippen LogP contribution >= 0.6 is 0 Å². The quantitative estimate of drug-likeness (QED) is 0.309. The summed E-state index contributed by atoms with van der Waals surface area (Å²) in [5.41, 5.74) is 0. The first-order valence-electron chi connectivity index (χ1n) is 0.894. The van der Waals surface area contributed by atoms with Gasteiger partial charge in [-0.1, -0.05) is 0 Å². The van der Waals surface area contributed by atoms with Crippen LogP contribution in [0.25, 0.3) is 0 Å². The smallest absolute Gasteiger partial charge is 0.512 e. The zero-order chi connectivity index (χ0) is 8.00. The fourth-order valence-corrected chi connectivity index (χ4v) is 0. The van der Waals surface area contributed by atoms with E-state index in [1.807, 2.05) is 0 Å². The first-order chi connectivity index (χ1) is 4.00. The zero-order valence-electron chi connectivity index (χ0n) is 5.09. The van der Waals surface area contributed by atoms with Gasteiger partial charge >= 0.3 is 91.3 Å². The number of nitrogens with zero attached hydrogens (tertiary/aromatic N) is 4. The Hall–Kier alpha value is 0.752. The van der Waals surface area contributed by atoms with Gasteiger partial charge in [0, 0.05) is 0 Å². The Balaban J connectivity index is -0.00000000500. The summed E-state index contributed by atoms with van der Waals surface area (Å²) in [6.07, 6.45) is 0. The minimum atomic E-state index is 0. The van der Waals surface area contributed by atoms with Crippen molar-refractivity contribution in [3.8, 4) is 0 Å². The fourth-order valence-electron chi connectivity index (χ4n) is 0. The van der Waals surface area contributed by atoms with Gasteiger partial charge in [0.05, 0.1) is 0 Å². The summed E-state index contributed by atoms with van der Waals surface area (Å²) in [5, 5.41) is 25.0. The molecule has 0 amide bonds. The first-order valence-corrected chi connectivity index (χ1v) is 0.894. The molecule has 6 heteroatoms. The first kappa shape index (κ1) is 45.3. The van der Waals surface area contributed by atoms with Crippen molar-refractivity contribution in [3.63, 3.8) is 0 Å². The summed E-state index contributed by atoms with van der Waals surface area (Å²) < 4.78 is 0. The average Bonchev–Trinajstić information content (AvgIpc) is 2.03. The molecule has 0 saturated carbocycles.